The van der Waals surface area contributed by atoms with Crippen LogP contribution >= 0.6 is 0 Å². The van der Waals surface area contributed by atoms with Gasteiger partial charge in [0.05, 0.1) is 33.0 Å². The summed E-state index contributed by atoms with van der Waals surface area (Å²) in [7, 11) is 1.96. The molecule has 0 aromatic heterocycles. The first kappa shape index (κ1) is 24.7. The fourth-order valence-electron chi connectivity index (χ4n) is 2.34. The Balaban J connectivity index is 2.13. The maximum Gasteiger partial charge on any atom is 0.251 e. The molecule has 0 heterocycles. The van der Waals surface area contributed by atoms with Gasteiger partial charge in [0.25, 0.3) is 5.91 Å². The Labute approximate surface area is 172 Å². The summed E-state index contributed by atoms with van der Waals surface area (Å²) in [5.74, 6) is 0.606. The standard InChI is InChI=1S/C20H33N5O4/c1-20(2,22-3)9-4-12-29-18-7-5-17(6-8-18)19(26)23-10-13-27-15-16-28-14-11-24-25-21/h5-8,22H,4,9-16H2,1-3H3,(H,23,26). The number of hydrogen-bond acceptors (Lipinski definition) is 6. The SMILES string of the molecule is CNC(C)(C)CCCOc1ccc(C(=O)NCCOCCOCCN=[N+]=[N-])cc1. The summed E-state index contributed by atoms with van der Waals surface area (Å²) < 4.78 is 16.3. The average molecular weight is 408 g/mol. The van der Waals surface area contributed by atoms with Gasteiger partial charge in [-0.15, -0.1) is 0 Å². The molecule has 0 bridgehead atoms. The van der Waals surface area contributed by atoms with E-state index in [1.165, 1.54) is 0 Å². The lowest BCUT2D eigenvalue weighted by molar-refractivity contribution is 0.0511. The third-order valence-electron chi connectivity index (χ3n) is 4.31. The Bertz CT molecular complexity index is 630. The van der Waals surface area contributed by atoms with Gasteiger partial charge in [-0.25, -0.2) is 0 Å². The number of nitrogens with one attached hydrogen (secondary N) is 2. The Hall–Kier alpha value is -2.32. The highest BCUT2D eigenvalue weighted by Crippen LogP contribution is 2.14. The van der Waals surface area contributed by atoms with Crippen LogP contribution in [-0.4, -0.2) is 64.6 Å². The highest BCUT2D eigenvalue weighted by Gasteiger charge is 2.13. The van der Waals surface area contributed by atoms with Crippen LogP contribution in [0.25, 0.3) is 10.4 Å². The van der Waals surface area contributed by atoms with Crippen LogP contribution in [0.5, 0.6) is 5.75 Å². The molecule has 0 aliphatic carbocycles. The summed E-state index contributed by atoms with van der Waals surface area (Å²) in [5, 5.41) is 9.44. The van der Waals surface area contributed by atoms with E-state index in [4.69, 9.17) is 19.7 Å². The van der Waals surface area contributed by atoms with Crippen LogP contribution in [-0.2, 0) is 9.47 Å². The van der Waals surface area contributed by atoms with Crippen molar-refractivity contribution in [1.29, 1.82) is 0 Å². The largest absolute Gasteiger partial charge is 0.494 e. The van der Waals surface area contributed by atoms with E-state index in [0.29, 0.717) is 51.7 Å². The summed E-state index contributed by atoms with van der Waals surface area (Å²) in [6.45, 7) is 7.30. The van der Waals surface area contributed by atoms with Gasteiger partial charge in [-0.1, -0.05) is 5.11 Å². The number of nitrogens with zero attached hydrogens (tertiary/aromatic N) is 3. The number of carbonyl (C=O) groups is 1. The van der Waals surface area contributed by atoms with E-state index >= 15 is 0 Å². The molecule has 0 spiro atoms. The first-order chi connectivity index (χ1) is 14.0. The average Bonchev–Trinajstić information content (AvgIpc) is 2.73. The molecule has 0 saturated carbocycles. The molecule has 29 heavy (non-hydrogen) atoms. The number of azide groups is 1. The van der Waals surface area contributed by atoms with Crippen LogP contribution in [0.3, 0.4) is 0 Å². The van der Waals surface area contributed by atoms with E-state index in [9.17, 15) is 4.79 Å². The van der Waals surface area contributed by atoms with Crippen LogP contribution in [0.4, 0.5) is 0 Å². The predicted octanol–water partition coefficient (Wildman–Crippen LogP) is 2.92. The molecule has 0 aliphatic rings. The molecule has 162 valence electrons. The van der Waals surface area contributed by atoms with Gasteiger partial charge in [-0.2, -0.15) is 0 Å². The summed E-state index contributed by atoms with van der Waals surface area (Å²) in [5.41, 5.74) is 8.80. The van der Waals surface area contributed by atoms with Crippen LogP contribution < -0.4 is 15.4 Å². The van der Waals surface area contributed by atoms with Crippen molar-refractivity contribution < 1.29 is 19.0 Å². The molecule has 0 atom stereocenters. The van der Waals surface area contributed by atoms with E-state index in [1.807, 2.05) is 19.2 Å². The Kier molecular flexibility index (Phi) is 12.5. The van der Waals surface area contributed by atoms with Crippen LogP contribution in [0, 0.1) is 0 Å². The second-order valence-electron chi connectivity index (χ2n) is 7.05. The molecule has 0 saturated heterocycles. The van der Waals surface area contributed by atoms with Crippen molar-refractivity contribution in [3.05, 3.63) is 40.3 Å². The summed E-state index contributed by atoms with van der Waals surface area (Å²) in [6.07, 6.45) is 1.98. The van der Waals surface area contributed by atoms with Crippen molar-refractivity contribution in [1.82, 2.24) is 10.6 Å². The molecule has 9 nitrogen and oxygen atoms in total. The first-order valence-corrected chi connectivity index (χ1v) is 9.85. The third-order valence-corrected chi connectivity index (χ3v) is 4.31. The fourth-order valence-corrected chi connectivity index (χ4v) is 2.34. The van der Waals surface area contributed by atoms with Crippen molar-refractivity contribution in [3.63, 3.8) is 0 Å². The number of hydrogen-bond donors (Lipinski definition) is 2. The monoisotopic (exact) mass is 407 g/mol. The van der Waals surface area contributed by atoms with Gasteiger partial charge in [0.1, 0.15) is 5.75 Å². The van der Waals surface area contributed by atoms with Gasteiger partial charge in [-0.3, -0.25) is 4.79 Å². The maximum absolute atomic E-state index is 12.1. The van der Waals surface area contributed by atoms with E-state index < -0.39 is 0 Å². The van der Waals surface area contributed by atoms with Gasteiger partial charge >= 0.3 is 0 Å². The van der Waals surface area contributed by atoms with Crippen LogP contribution in [0.15, 0.2) is 29.4 Å². The number of rotatable bonds is 16. The zero-order chi connectivity index (χ0) is 21.4. The number of ether oxygens (including phenoxy) is 3. The van der Waals surface area contributed by atoms with Crippen LogP contribution in [0.2, 0.25) is 0 Å². The van der Waals surface area contributed by atoms with E-state index in [-0.39, 0.29) is 11.4 Å². The minimum absolute atomic E-state index is 0.106. The van der Waals surface area contributed by atoms with Crippen molar-refractivity contribution in [2.24, 2.45) is 5.11 Å². The molecule has 0 fully saturated rings. The topological polar surface area (TPSA) is 118 Å². The van der Waals surface area contributed by atoms with Gasteiger partial charge in [0.2, 0.25) is 0 Å². The summed E-state index contributed by atoms with van der Waals surface area (Å²) in [4.78, 5) is 14.7. The van der Waals surface area contributed by atoms with Crippen molar-refractivity contribution in [3.8, 4) is 5.75 Å². The lowest BCUT2D eigenvalue weighted by atomic mass is 9.99. The normalized spacial score (nSPS) is 11.0. The molecule has 0 aliphatic heterocycles. The van der Waals surface area contributed by atoms with E-state index in [0.717, 1.165) is 18.6 Å². The Morgan fingerprint density at radius 2 is 1.79 bits per heavy atom. The molecule has 0 unspecified atom stereocenters. The van der Waals surface area contributed by atoms with Gasteiger partial charge < -0.3 is 24.8 Å². The van der Waals surface area contributed by atoms with Crippen LogP contribution in [0.1, 0.15) is 37.0 Å². The molecular weight excluding hydrogens is 374 g/mol. The maximum atomic E-state index is 12.1. The lowest BCUT2D eigenvalue weighted by Gasteiger charge is -2.23. The fraction of sp³-hybridized carbons (Fsp3) is 0.650. The highest BCUT2D eigenvalue weighted by atomic mass is 16.5. The van der Waals surface area contributed by atoms with Crippen molar-refractivity contribution in [2.45, 2.75) is 32.2 Å². The first-order valence-electron chi connectivity index (χ1n) is 9.85. The second-order valence-corrected chi connectivity index (χ2v) is 7.05. The van der Waals surface area contributed by atoms with Crippen molar-refractivity contribution in [2.75, 3.05) is 53.2 Å². The molecular formula is C20H33N5O4. The number of carbonyl (C=O) groups excluding carboxylic acids is 1. The van der Waals surface area contributed by atoms with E-state index in [2.05, 4.69) is 34.5 Å². The molecule has 1 aromatic rings. The minimum atomic E-state index is -0.151. The molecule has 2 N–H and O–H groups in total. The minimum Gasteiger partial charge on any atom is -0.494 e. The number of benzene rings is 1. The summed E-state index contributed by atoms with van der Waals surface area (Å²) >= 11 is 0. The van der Waals surface area contributed by atoms with Crippen molar-refractivity contribution >= 4 is 5.91 Å². The van der Waals surface area contributed by atoms with Gasteiger partial charge in [0.15, 0.2) is 0 Å². The molecule has 0 radical (unpaired) electrons. The second kappa shape index (κ2) is 14.6. The molecule has 1 rings (SSSR count). The highest BCUT2D eigenvalue weighted by molar-refractivity contribution is 5.94. The Morgan fingerprint density at radius 1 is 1.10 bits per heavy atom. The quantitative estimate of drug-likeness (QED) is 0.189. The zero-order valence-electron chi connectivity index (χ0n) is 17.6. The smallest absolute Gasteiger partial charge is 0.251 e. The molecule has 1 amide bonds. The van der Waals surface area contributed by atoms with Gasteiger partial charge in [0, 0.05) is 29.1 Å². The molecule has 9 heteroatoms. The third kappa shape index (κ3) is 12.0. The van der Waals surface area contributed by atoms with E-state index in [1.54, 1.807) is 12.1 Å². The van der Waals surface area contributed by atoms with Gasteiger partial charge in [-0.05, 0) is 63.5 Å². The zero-order valence-corrected chi connectivity index (χ0v) is 17.6. The lowest BCUT2D eigenvalue weighted by Crippen LogP contribution is -2.36. The number of amides is 1. The molecule has 1 aromatic carbocycles. The summed E-state index contributed by atoms with van der Waals surface area (Å²) in [6, 6.07) is 7.12. The Morgan fingerprint density at radius 3 is 2.45 bits per heavy atom. The predicted molar refractivity (Wildman–Crippen MR) is 112 cm³/mol.